The van der Waals surface area contributed by atoms with Crippen LogP contribution in [0, 0.1) is 0 Å². The maximum absolute atomic E-state index is 12.5. The van der Waals surface area contributed by atoms with E-state index in [-0.39, 0.29) is 12.4 Å². The molecular formula is C26H21BrCl2N2O5. The highest BCUT2D eigenvalue weighted by atomic mass is 79.9. The molecule has 0 aliphatic heterocycles. The number of hydrazone groups is 1. The Balaban J connectivity index is 1.43. The first-order valence-corrected chi connectivity index (χ1v) is 12.4. The van der Waals surface area contributed by atoms with Crippen molar-refractivity contribution in [3.8, 4) is 17.2 Å². The number of hydrogen-bond acceptors (Lipinski definition) is 6. The van der Waals surface area contributed by atoms with E-state index in [9.17, 15) is 4.79 Å². The van der Waals surface area contributed by atoms with Gasteiger partial charge >= 0.3 is 5.91 Å². The van der Waals surface area contributed by atoms with Crippen molar-refractivity contribution in [3.63, 3.8) is 0 Å². The Labute approximate surface area is 226 Å². The van der Waals surface area contributed by atoms with Crippen molar-refractivity contribution < 1.29 is 23.4 Å². The van der Waals surface area contributed by atoms with Crippen molar-refractivity contribution in [1.82, 2.24) is 5.43 Å². The standard InChI is InChI=1S/C26H21BrCl2N2O5/c1-3-34-19-6-7-22-17(10-19)11-24(36-22)26(32)31-30-13-15-8-20(27)25(23(9-15)33-2)35-14-16-4-5-18(28)12-21(16)29/h4-13H,3,14H2,1-2H3,(H,31,32)/b30-13+. The zero-order valence-electron chi connectivity index (χ0n) is 19.3. The van der Waals surface area contributed by atoms with E-state index in [2.05, 4.69) is 26.5 Å². The third kappa shape index (κ3) is 6.13. The van der Waals surface area contributed by atoms with Gasteiger partial charge in [-0.05, 0) is 76.9 Å². The number of halogens is 3. The van der Waals surface area contributed by atoms with Gasteiger partial charge in [0.05, 0.1) is 24.4 Å². The smallest absolute Gasteiger partial charge is 0.307 e. The molecule has 0 saturated heterocycles. The Bertz CT molecular complexity index is 1440. The number of furan rings is 1. The average molecular weight is 592 g/mol. The number of amides is 1. The lowest BCUT2D eigenvalue weighted by molar-refractivity contribution is 0.0929. The lowest BCUT2D eigenvalue weighted by atomic mass is 10.2. The number of rotatable bonds is 9. The van der Waals surface area contributed by atoms with Crippen LogP contribution in [0.4, 0.5) is 0 Å². The Hall–Kier alpha value is -3.20. The molecule has 1 aromatic heterocycles. The number of hydrogen-bond donors (Lipinski definition) is 1. The minimum Gasteiger partial charge on any atom is -0.494 e. The van der Waals surface area contributed by atoms with Crippen molar-refractivity contribution in [2.24, 2.45) is 5.10 Å². The number of methoxy groups -OCH3 is 1. The predicted molar refractivity (Wildman–Crippen MR) is 144 cm³/mol. The summed E-state index contributed by atoms with van der Waals surface area (Å²) in [5.41, 5.74) is 4.50. The molecule has 186 valence electrons. The third-order valence-electron chi connectivity index (χ3n) is 5.04. The number of nitrogens with zero attached hydrogens (tertiary/aromatic N) is 1. The molecule has 3 aromatic carbocycles. The molecule has 0 aliphatic carbocycles. The molecule has 0 saturated carbocycles. The molecule has 10 heteroatoms. The summed E-state index contributed by atoms with van der Waals surface area (Å²) in [5.74, 6) is 1.34. The zero-order chi connectivity index (χ0) is 25.7. The summed E-state index contributed by atoms with van der Waals surface area (Å²) in [7, 11) is 1.53. The minimum atomic E-state index is -0.480. The third-order valence-corrected chi connectivity index (χ3v) is 6.22. The van der Waals surface area contributed by atoms with Gasteiger partial charge in [-0.25, -0.2) is 5.43 Å². The highest BCUT2D eigenvalue weighted by molar-refractivity contribution is 9.10. The van der Waals surface area contributed by atoms with Gasteiger partial charge in [-0.1, -0.05) is 29.3 Å². The van der Waals surface area contributed by atoms with Crippen LogP contribution in [0.2, 0.25) is 10.0 Å². The SMILES string of the molecule is CCOc1ccc2oc(C(=O)N/N=C/c3cc(Br)c(OCc4ccc(Cl)cc4Cl)c(OC)c3)cc2c1. The van der Waals surface area contributed by atoms with Crippen LogP contribution in [0.25, 0.3) is 11.0 Å². The average Bonchev–Trinajstić information content (AvgIpc) is 3.28. The maximum atomic E-state index is 12.5. The molecule has 0 radical (unpaired) electrons. The molecule has 0 aliphatic rings. The molecule has 1 N–H and O–H groups in total. The molecule has 36 heavy (non-hydrogen) atoms. The van der Waals surface area contributed by atoms with E-state index >= 15 is 0 Å². The van der Waals surface area contributed by atoms with Crippen molar-refractivity contribution >= 4 is 62.2 Å². The van der Waals surface area contributed by atoms with Crippen LogP contribution in [0.3, 0.4) is 0 Å². The Morgan fingerprint density at radius 3 is 2.69 bits per heavy atom. The molecule has 4 aromatic rings. The first-order chi connectivity index (χ1) is 17.4. The second-order valence-corrected chi connectivity index (χ2v) is 9.20. The quantitative estimate of drug-likeness (QED) is 0.164. The number of ether oxygens (including phenoxy) is 3. The predicted octanol–water partition coefficient (Wildman–Crippen LogP) is 7.25. The molecule has 0 atom stereocenters. The van der Waals surface area contributed by atoms with Crippen LogP contribution in [0.15, 0.2) is 68.6 Å². The summed E-state index contributed by atoms with van der Waals surface area (Å²) in [5, 5.41) is 5.86. The van der Waals surface area contributed by atoms with Gasteiger partial charge in [0, 0.05) is 21.0 Å². The molecule has 0 spiro atoms. The summed E-state index contributed by atoms with van der Waals surface area (Å²) in [6.45, 7) is 2.68. The molecule has 0 unspecified atom stereocenters. The van der Waals surface area contributed by atoms with E-state index in [1.54, 1.807) is 48.5 Å². The van der Waals surface area contributed by atoms with Crippen molar-refractivity contribution in [1.29, 1.82) is 0 Å². The van der Waals surface area contributed by atoms with Gasteiger partial charge in [-0.2, -0.15) is 5.10 Å². The second-order valence-electron chi connectivity index (χ2n) is 7.50. The van der Waals surface area contributed by atoms with Crippen LogP contribution in [-0.4, -0.2) is 25.8 Å². The van der Waals surface area contributed by atoms with E-state index < -0.39 is 5.91 Å². The number of nitrogens with one attached hydrogen (secondary N) is 1. The molecular weight excluding hydrogens is 571 g/mol. The lowest BCUT2D eigenvalue weighted by Gasteiger charge is -2.14. The Morgan fingerprint density at radius 2 is 1.94 bits per heavy atom. The topological polar surface area (TPSA) is 82.3 Å². The highest BCUT2D eigenvalue weighted by Gasteiger charge is 2.14. The minimum absolute atomic E-state index is 0.138. The van der Waals surface area contributed by atoms with Crippen LogP contribution < -0.4 is 19.6 Å². The van der Waals surface area contributed by atoms with Crippen LogP contribution in [0.5, 0.6) is 17.2 Å². The van der Waals surface area contributed by atoms with Gasteiger partial charge in [-0.3, -0.25) is 4.79 Å². The molecule has 1 heterocycles. The fourth-order valence-corrected chi connectivity index (χ4v) is 4.39. The van der Waals surface area contributed by atoms with Crippen LogP contribution in [0.1, 0.15) is 28.6 Å². The van der Waals surface area contributed by atoms with Crippen LogP contribution in [-0.2, 0) is 6.61 Å². The number of fused-ring (bicyclic) bond motifs is 1. The normalized spacial score (nSPS) is 11.1. The number of carbonyl (C=O) groups is 1. The van der Waals surface area contributed by atoms with Gasteiger partial charge < -0.3 is 18.6 Å². The van der Waals surface area contributed by atoms with Crippen molar-refractivity contribution in [3.05, 3.63) is 86.0 Å². The van der Waals surface area contributed by atoms with Crippen molar-refractivity contribution in [2.45, 2.75) is 13.5 Å². The summed E-state index contributed by atoms with van der Waals surface area (Å²) < 4.78 is 23.2. The second kappa shape index (κ2) is 11.7. The first-order valence-electron chi connectivity index (χ1n) is 10.8. The summed E-state index contributed by atoms with van der Waals surface area (Å²) in [4.78, 5) is 12.5. The molecule has 0 bridgehead atoms. The van der Waals surface area contributed by atoms with Gasteiger partial charge in [0.25, 0.3) is 0 Å². The molecule has 4 rings (SSSR count). The summed E-state index contributed by atoms with van der Waals surface area (Å²) in [6.07, 6.45) is 1.49. The molecule has 7 nitrogen and oxygen atoms in total. The summed E-state index contributed by atoms with van der Waals surface area (Å²) >= 11 is 15.7. The van der Waals surface area contributed by atoms with E-state index in [1.165, 1.54) is 13.3 Å². The van der Waals surface area contributed by atoms with Crippen LogP contribution >= 0.6 is 39.1 Å². The maximum Gasteiger partial charge on any atom is 0.307 e. The molecule has 0 fully saturated rings. The van der Waals surface area contributed by atoms with Gasteiger partial charge in [0.2, 0.25) is 0 Å². The fourth-order valence-electron chi connectivity index (χ4n) is 3.35. The Kier molecular flexibility index (Phi) is 8.40. The monoisotopic (exact) mass is 590 g/mol. The summed E-state index contributed by atoms with van der Waals surface area (Å²) in [6, 6.07) is 15.7. The van der Waals surface area contributed by atoms with E-state index in [0.717, 1.165) is 10.9 Å². The van der Waals surface area contributed by atoms with E-state index in [1.807, 2.05) is 13.0 Å². The molecule has 1 amide bonds. The van der Waals surface area contributed by atoms with Gasteiger partial charge in [0.15, 0.2) is 17.3 Å². The van der Waals surface area contributed by atoms with Crippen molar-refractivity contribution in [2.75, 3.05) is 13.7 Å². The Morgan fingerprint density at radius 1 is 1.11 bits per heavy atom. The van der Waals surface area contributed by atoms with Gasteiger partial charge in [-0.15, -0.1) is 0 Å². The van der Waals surface area contributed by atoms with E-state index in [0.29, 0.717) is 49.5 Å². The first kappa shape index (κ1) is 25.9. The zero-order valence-corrected chi connectivity index (χ0v) is 22.4. The number of carbonyl (C=O) groups excluding carboxylic acids is 1. The lowest BCUT2D eigenvalue weighted by Crippen LogP contribution is -2.16. The highest BCUT2D eigenvalue weighted by Crippen LogP contribution is 2.37. The van der Waals surface area contributed by atoms with Gasteiger partial charge in [0.1, 0.15) is 17.9 Å². The number of benzene rings is 3. The fraction of sp³-hybridized carbons (Fsp3) is 0.154. The largest absolute Gasteiger partial charge is 0.494 e. The van der Waals surface area contributed by atoms with E-state index in [4.69, 9.17) is 41.8 Å².